The summed E-state index contributed by atoms with van der Waals surface area (Å²) in [6.45, 7) is 0. The maximum Gasteiger partial charge on any atom is 0.0471 e. The number of H-pyrrole nitrogens is 2. The van der Waals surface area contributed by atoms with Crippen LogP contribution in [-0.2, 0) is 6.42 Å². The molecule has 2 heteroatoms. The Labute approximate surface area is 151 Å². The number of allylic oxidation sites excluding steroid dienone is 1. The molecule has 0 bridgehead atoms. The molecule has 0 atom stereocenters. The Balaban J connectivity index is 1.55. The number of hydrogen-bond donors (Lipinski definition) is 2. The van der Waals surface area contributed by atoms with Crippen molar-refractivity contribution in [3.05, 3.63) is 78.0 Å². The molecule has 0 unspecified atom stereocenters. The van der Waals surface area contributed by atoms with Crippen LogP contribution < -0.4 is 0 Å². The zero-order chi connectivity index (χ0) is 17.1. The number of rotatable bonds is 1. The molecule has 26 heavy (non-hydrogen) atoms. The summed E-state index contributed by atoms with van der Waals surface area (Å²) in [5.74, 6) is 0. The molecule has 2 nitrogen and oxygen atoms in total. The second kappa shape index (κ2) is 5.12. The quantitative estimate of drug-likeness (QED) is 0.354. The summed E-state index contributed by atoms with van der Waals surface area (Å²) in [5, 5.41) is 3.90. The van der Waals surface area contributed by atoms with Crippen molar-refractivity contribution in [1.29, 1.82) is 0 Å². The average molecular weight is 334 g/mol. The molecular formula is C24H18N2. The van der Waals surface area contributed by atoms with Crippen LogP contribution in [0, 0.1) is 0 Å². The van der Waals surface area contributed by atoms with Crippen molar-refractivity contribution in [1.82, 2.24) is 9.97 Å². The van der Waals surface area contributed by atoms with Crippen LogP contribution in [-0.4, -0.2) is 9.97 Å². The minimum Gasteiger partial charge on any atom is -0.358 e. The van der Waals surface area contributed by atoms with Gasteiger partial charge in [0.2, 0.25) is 0 Å². The number of nitrogens with one attached hydrogen (secondary N) is 2. The molecule has 124 valence electrons. The number of hydrogen-bond acceptors (Lipinski definition) is 0. The zero-order valence-electron chi connectivity index (χ0n) is 14.3. The lowest BCUT2D eigenvalue weighted by atomic mass is 9.98. The standard InChI is InChI=1S/C24H18N2/c1-3-7-21-17(5-1)19-11-9-16(14-24(19)26-21)15-10-12-23-20(13-15)18-6-2-4-8-22(18)25-23/h1-3,5-7,9-14,25-26H,4,8H2. The van der Waals surface area contributed by atoms with Crippen LogP contribution in [0.25, 0.3) is 49.9 Å². The van der Waals surface area contributed by atoms with Gasteiger partial charge in [-0.2, -0.15) is 0 Å². The molecule has 0 amide bonds. The van der Waals surface area contributed by atoms with Gasteiger partial charge in [-0.25, -0.2) is 0 Å². The predicted molar refractivity (Wildman–Crippen MR) is 110 cm³/mol. The molecule has 2 N–H and O–H groups in total. The Hall–Kier alpha value is -3.26. The Kier molecular flexibility index (Phi) is 2.75. The largest absolute Gasteiger partial charge is 0.358 e. The number of aromatic amines is 2. The summed E-state index contributed by atoms with van der Waals surface area (Å²) < 4.78 is 0. The Morgan fingerprint density at radius 2 is 1.46 bits per heavy atom. The fraction of sp³-hybridized carbons (Fsp3) is 0.0833. The van der Waals surface area contributed by atoms with Crippen molar-refractivity contribution in [2.24, 2.45) is 0 Å². The normalized spacial score (nSPS) is 13.7. The highest BCUT2D eigenvalue weighted by Gasteiger charge is 2.13. The van der Waals surface area contributed by atoms with Gasteiger partial charge < -0.3 is 9.97 Å². The van der Waals surface area contributed by atoms with E-state index in [0.717, 1.165) is 12.8 Å². The topological polar surface area (TPSA) is 31.6 Å². The molecule has 0 saturated heterocycles. The first-order chi connectivity index (χ1) is 12.9. The SMILES string of the molecule is C1=Cc2c([nH]c3ccc(-c4ccc5c(c4)[nH]c4ccccc45)cc23)CC1. The number of fused-ring (bicyclic) bond motifs is 6. The van der Waals surface area contributed by atoms with Crippen molar-refractivity contribution < 1.29 is 0 Å². The lowest BCUT2D eigenvalue weighted by Gasteiger charge is -2.05. The van der Waals surface area contributed by atoms with E-state index in [1.54, 1.807) is 0 Å². The second-order valence-electron chi connectivity index (χ2n) is 7.15. The monoisotopic (exact) mass is 334 g/mol. The fourth-order valence-corrected chi connectivity index (χ4v) is 4.30. The van der Waals surface area contributed by atoms with Crippen LogP contribution in [0.2, 0.25) is 0 Å². The number of benzene rings is 3. The predicted octanol–water partition coefficient (Wildman–Crippen LogP) is 6.43. The van der Waals surface area contributed by atoms with Gasteiger partial charge in [0.15, 0.2) is 0 Å². The number of aryl methyl sites for hydroxylation is 1. The van der Waals surface area contributed by atoms with Gasteiger partial charge in [-0.15, -0.1) is 0 Å². The van der Waals surface area contributed by atoms with Gasteiger partial charge in [0.05, 0.1) is 0 Å². The van der Waals surface area contributed by atoms with Crippen molar-refractivity contribution in [2.75, 3.05) is 0 Å². The van der Waals surface area contributed by atoms with Crippen LogP contribution in [0.1, 0.15) is 17.7 Å². The van der Waals surface area contributed by atoms with Gasteiger partial charge in [-0.05, 0) is 48.2 Å². The minimum absolute atomic E-state index is 1.11. The summed E-state index contributed by atoms with van der Waals surface area (Å²) in [5.41, 5.74) is 8.86. The number of aromatic nitrogens is 2. The summed E-state index contributed by atoms with van der Waals surface area (Å²) in [6, 6.07) is 22.0. The second-order valence-corrected chi connectivity index (χ2v) is 7.15. The van der Waals surface area contributed by atoms with Gasteiger partial charge >= 0.3 is 0 Å². The molecule has 0 fully saturated rings. The molecule has 2 aromatic heterocycles. The van der Waals surface area contributed by atoms with Crippen LogP contribution in [0.4, 0.5) is 0 Å². The molecule has 0 spiro atoms. The molecule has 0 aliphatic heterocycles. The third-order valence-corrected chi connectivity index (χ3v) is 5.61. The zero-order valence-corrected chi connectivity index (χ0v) is 14.3. The first-order valence-electron chi connectivity index (χ1n) is 9.19. The van der Waals surface area contributed by atoms with Crippen LogP contribution >= 0.6 is 0 Å². The molecule has 5 aromatic rings. The Bertz CT molecular complexity index is 1330. The van der Waals surface area contributed by atoms with Crippen molar-refractivity contribution in [3.63, 3.8) is 0 Å². The summed E-state index contributed by atoms with van der Waals surface area (Å²) in [4.78, 5) is 7.14. The fourth-order valence-electron chi connectivity index (χ4n) is 4.30. The van der Waals surface area contributed by atoms with Gasteiger partial charge in [0.25, 0.3) is 0 Å². The highest BCUT2D eigenvalue weighted by Crippen LogP contribution is 2.34. The van der Waals surface area contributed by atoms with Gasteiger partial charge in [-0.3, -0.25) is 0 Å². The molecule has 3 aromatic carbocycles. The van der Waals surface area contributed by atoms with E-state index >= 15 is 0 Å². The average Bonchev–Trinajstić information content (AvgIpc) is 3.25. The molecule has 1 aliphatic carbocycles. The maximum atomic E-state index is 3.58. The van der Waals surface area contributed by atoms with Gasteiger partial charge in [-0.1, -0.05) is 48.6 Å². The van der Waals surface area contributed by atoms with Crippen LogP contribution in [0.3, 0.4) is 0 Å². The van der Waals surface area contributed by atoms with E-state index in [0.29, 0.717) is 0 Å². The Morgan fingerprint density at radius 3 is 2.46 bits per heavy atom. The van der Waals surface area contributed by atoms with E-state index in [1.807, 2.05) is 0 Å². The molecule has 0 radical (unpaired) electrons. The molecular weight excluding hydrogens is 316 g/mol. The first kappa shape index (κ1) is 14.0. The van der Waals surface area contributed by atoms with E-state index in [-0.39, 0.29) is 0 Å². The molecule has 1 aliphatic rings. The lowest BCUT2D eigenvalue weighted by molar-refractivity contribution is 0.951. The minimum atomic E-state index is 1.11. The van der Waals surface area contributed by atoms with Crippen LogP contribution in [0.15, 0.2) is 66.7 Å². The number of para-hydroxylation sites is 1. The van der Waals surface area contributed by atoms with Crippen LogP contribution in [0.5, 0.6) is 0 Å². The van der Waals surface area contributed by atoms with E-state index < -0.39 is 0 Å². The van der Waals surface area contributed by atoms with Crippen molar-refractivity contribution in [3.8, 4) is 11.1 Å². The van der Waals surface area contributed by atoms with Gasteiger partial charge in [0.1, 0.15) is 0 Å². The third-order valence-electron chi connectivity index (χ3n) is 5.61. The summed E-state index contributed by atoms with van der Waals surface area (Å²) in [6.07, 6.45) is 6.78. The van der Waals surface area contributed by atoms with Crippen molar-refractivity contribution in [2.45, 2.75) is 12.8 Å². The molecule has 2 heterocycles. The summed E-state index contributed by atoms with van der Waals surface area (Å²) >= 11 is 0. The molecule has 0 saturated carbocycles. The Morgan fingerprint density at radius 1 is 0.654 bits per heavy atom. The molecule has 6 rings (SSSR count). The van der Waals surface area contributed by atoms with Gasteiger partial charge in [0, 0.05) is 44.0 Å². The van der Waals surface area contributed by atoms with E-state index in [4.69, 9.17) is 0 Å². The maximum absolute atomic E-state index is 3.58. The third kappa shape index (κ3) is 1.93. The highest BCUT2D eigenvalue weighted by atomic mass is 14.7. The summed E-state index contributed by atoms with van der Waals surface area (Å²) in [7, 11) is 0. The van der Waals surface area contributed by atoms with E-state index in [9.17, 15) is 0 Å². The lowest BCUT2D eigenvalue weighted by Crippen LogP contribution is -1.90. The highest BCUT2D eigenvalue weighted by molar-refractivity contribution is 6.08. The van der Waals surface area contributed by atoms with E-state index in [2.05, 4.69) is 82.8 Å². The first-order valence-corrected chi connectivity index (χ1v) is 9.19. The van der Waals surface area contributed by atoms with Crippen molar-refractivity contribution >= 4 is 38.8 Å². The smallest absolute Gasteiger partial charge is 0.0471 e. The van der Waals surface area contributed by atoms with E-state index in [1.165, 1.54) is 55.1 Å².